The minimum absolute atomic E-state index is 0.327. The van der Waals surface area contributed by atoms with E-state index in [1.807, 2.05) is 23.9 Å². The standard InChI is InChI=1S/C11H15ClOS/c1-9(6-12)7-14-8-10-2-4-11(13)5-3-10/h2-5,9,13H,6-8H2,1H3. The monoisotopic (exact) mass is 230 g/mol. The average Bonchev–Trinajstić information content (AvgIpc) is 2.21. The minimum Gasteiger partial charge on any atom is -0.508 e. The summed E-state index contributed by atoms with van der Waals surface area (Å²) in [5, 5.41) is 9.08. The van der Waals surface area contributed by atoms with Crippen molar-refractivity contribution in [2.45, 2.75) is 12.7 Å². The first-order chi connectivity index (χ1) is 6.72. The van der Waals surface area contributed by atoms with Crippen molar-refractivity contribution in [3.63, 3.8) is 0 Å². The Balaban J connectivity index is 2.28. The van der Waals surface area contributed by atoms with Crippen LogP contribution in [0.25, 0.3) is 0 Å². The number of rotatable bonds is 5. The predicted molar refractivity (Wildman–Crippen MR) is 64.2 cm³/mol. The van der Waals surface area contributed by atoms with Gasteiger partial charge >= 0.3 is 0 Å². The van der Waals surface area contributed by atoms with Crippen molar-refractivity contribution in [1.82, 2.24) is 0 Å². The summed E-state index contributed by atoms with van der Waals surface area (Å²) < 4.78 is 0. The summed E-state index contributed by atoms with van der Waals surface area (Å²) in [4.78, 5) is 0. The van der Waals surface area contributed by atoms with Crippen LogP contribution in [0.5, 0.6) is 5.75 Å². The lowest BCUT2D eigenvalue weighted by molar-refractivity contribution is 0.475. The molecule has 78 valence electrons. The van der Waals surface area contributed by atoms with Gasteiger partial charge in [-0.05, 0) is 29.4 Å². The molecule has 0 aliphatic rings. The fraction of sp³-hybridized carbons (Fsp3) is 0.455. The molecule has 0 saturated carbocycles. The van der Waals surface area contributed by atoms with E-state index in [-0.39, 0.29) is 0 Å². The Bertz CT molecular complexity index is 260. The second kappa shape index (κ2) is 6.20. The molecule has 0 radical (unpaired) electrons. The van der Waals surface area contributed by atoms with E-state index in [0.717, 1.165) is 17.4 Å². The van der Waals surface area contributed by atoms with Crippen LogP contribution in [0.2, 0.25) is 0 Å². The highest BCUT2D eigenvalue weighted by molar-refractivity contribution is 7.98. The number of halogens is 1. The van der Waals surface area contributed by atoms with Crippen molar-refractivity contribution in [3.8, 4) is 5.75 Å². The minimum atomic E-state index is 0.327. The molecule has 0 aliphatic carbocycles. The summed E-state index contributed by atoms with van der Waals surface area (Å²) in [5.41, 5.74) is 1.24. The van der Waals surface area contributed by atoms with Gasteiger partial charge in [0.15, 0.2) is 0 Å². The van der Waals surface area contributed by atoms with Crippen molar-refractivity contribution in [3.05, 3.63) is 29.8 Å². The van der Waals surface area contributed by atoms with Crippen molar-refractivity contribution >= 4 is 23.4 Å². The van der Waals surface area contributed by atoms with Crippen LogP contribution in [0.15, 0.2) is 24.3 Å². The van der Waals surface area contributed by atoms with Gasteiger partial charge in [0.1, 0.15) is 5.75 Å². The summed E-state index contributed by atoms with van der Waals surface area (Å²) >= 11 is 7.59. The number of hydrogen-bond donors (Lipinski definition) is 1. The van der Waals surface area contributed by atoms with Gasteiger partial charge in [-0.2, -0.15) is 11.8 Å². The summed E-state index contributed by atoms with van der Waals surface area (Å²) in [7, 11) is 0. The molecule has 1 rings (SSSR count). The van der Waals surface area contributed by atoms with Crippen LogP contribution in [0.1, 0.15) is 12.5 Å². The maximum Gasteiger partial charge on any atom is 0.115 e. The molecule has 0 saturated heterocycles. The van der Waals surface area contributed by atoms with E-state index in [0.29, 0.717) is 11.7 Å². The number of thioether (sulfide) groups is 1. The predicted octanol–water partition coefficient (Wildman–Crippen LogP) is 3.50. The lowest BCUT2D eigenvalue weighted by Crippen LogP contribution is -1.99. The quantitative estimate of drug-likeness (QED) is 0.782. The number of aromatic hydroxyl groups is 1. The van der Waals surface area contributed by atoms with Crippen molar-refractivity contribution in [2.75, 3.05) is 11.6 Å². The van der Waals surface area contributed by atoms with Crippen LogP contribution < -0.4 is 0 Å². The summed E-state index contributed by atoms with van der Waals surface area (Å²) in [6.07, 6.45) is 0. The first kappa shape index (κ1) is 11.7. The summed E-state index contributed by atoms with van der Waals surface area (Å²) in [6, 6.07) is 7.35. The molecule has 0 aliphatic heterocycles. The first-order valence-corrected chi connectivity index (χ1v) is 6.33. The molecule has 0 aromatic heterocycles. The number of benzene rings is 1. The van der Waals surface area contributed by atoms with Crippen LogP contribution in [-0.4, -0.2) is 16.7 Å². The lowest BCUT2D eigenvalue weighted by atomic mass is 10.2. The number of hydrogen-bond acceptors (Lipinski definition) is 2. The Morgan fingerprint density at radius 1 is 1.36 bits per heavy atom. The molecule has 0 spiro atoms. The molecule has 0 heterocycles. The normalized spacial score (nSPS) is 12.7. The number of phenols is 1. The molecular formula is C11H15ClOS. The fourth-order valence-electron chi connectivity index (χ4n) is 1.01. The molecular weight excluding hydrogens is 216 g/mol. The average molecular weight is 231 g/mol. The zero-order chi connectivity index (χ0) is 10.4. The molecule has 1 nitrogen and oxygen atoms in total. The van der Waals surface area contributed by atoms with Crippen molar-refractivity contribution in [1.29, 1.82) is 0 Å². The van der Waals surface area contributed by atoms with Gasteiger partial charge < -0.3 is 5.11 Å². The Morgan fingerprint density at radius 3 is 2.57 bits per heavy atom. The highest BCUT2D eigenvalue weighted by Crippen LogP contribution is 2.18. The fourth-order valence-corrected chi connectivity index (χ4v) is 2.32. The van der Waals surface area contributed by atoms with Crippen LogP contribution in [-0.2, 0) is 5.75 Å². The molecule has 14 heavy (non-hydrogen) atoms. The van der Waals surface area contributed by atoms with E-state index in [2.05, 4.69) is 6.92 Å². The molecule has 1 N–H and O–H groups in total. The van der Waals surface area contributed by atoms with E-state index < -0.39 is 0 Å². The van der Waals surface area contributed by atoms with E-state index in [1.54, 1.807) is 12.1 Å². The number of phenolic OH excluding ortho intramolecular Hbond substituents is 1. The third-order valence-electron chi connectivity index (χ3n) is 1.87. The third kappa shape index (κ3) is 4.25. The van der Waals surface area contributed by atoms with Crippen molar-refractivity contribution in [2.24, 2.45) is 5.92 Å². The SMILES string of the molecule is CC(CCl)CSCc1ccc(O)cc1. The Labute approximate surface area is 94.5 Å². The van der Waals surface area contributed by atoms with E-state index in [1.165, 1.54) is 5.56 Å². The molecule has 1 atom stereocenters. The van der Waals surface area contributed by atoms with Gasteiger partial charge in [0.25, 0.3) is 0 Å². The van der Waals surface area contributed by atoms with Crippen LogP contribution >= 0.6 is 23.4 Å². The topological polar surface area (TPSA) is 20.2 Å². The lowest BCUT2D eigenvalue weighted by Gasteiger charge is -2.06. The Hall–Kier alpha value is -0.340. The second-order valence-electron chi connectivity index (χ2n) is 3.44. The van der Waals surface area contributed by atoms with Crippen LogP contribution in [0.3, 0.4) is 0 Å². The van der Waals surface area contributed by atoms with Crippen LogP contribution in [0.4, 0.5) is 0 Å². The maximum absolute atomic E-state index is 9.08. The molecule has 0 amide bonds. The van der Waals surface area contributed by atoms with E-state index >= 15 is 0 Å². The molecule has 0 bridgehead atoms. The van der Waals surface area contributed by atoms with Gasteiger partial charge in [-0.15, -0.1) is 11.6 Å². The summed E-state index contributed by atoms with van der Waals surface area (Å²) in [6.45, 7) is 2.15. The van der Waals surface area contributed by atoms with E-state index in [9.17, 15) is 0 Å². The molecule has 1 aromatic carbocycles. The molecule has 1 unspecified atom stereocenters. The first-order valence-electron chi connectivity index (χ1n) is 4.64. The highest BCUT2D eigenvalue weighted by Gasteiger charge is 2.00. The van der Waals surface area contributed by atoms with Gasteiger partial charge in [-0.3, -0.25) is 0 Å². The smallest absolute Gasteiger partial charge is 0.115 e. The van der Waals surface area contributed by atoms with Gasteiger partial charge in [0.2, 0.25) is 0 Å². The molecule has 1 aromatic rings. The van der Waals surface area contributed by atoms with Gasteiger partial charge in [0, 0.05) is 11.6 Å². The third-order valence-corrected chi connectivity index (χ3v) is 3.74. The second-order valence-corrected chi connectivity index (χ2v) is 4.78. The Kier molecular flexibility index (Phi) is 5.20. The number of alkyl halides is 1. The largest absolute Gasteiger partial charge is 0.508 e. The van der Waals surface area contributed by atoms with Crippen LogP contribution in [0, 0.1) is 5.92 Å². The van der Waals surface area contributed by atoms with Gasteiger partial charge in [-0.25, -0.2) is 0 Å². The zero-order valence-corrected chi connectivity index (χ0v) is 9.81. The molecule has 3 heteroatoms. The van der Waals surface area contributed by atoms with E-state index in [4.69, 9.17) is 16.7 Å². The maximum atomic E-state index is 9.08. The summed E-state index contributed by atoms with van der Waals surface area (Å²) in [5.74, 6) is 3.70. The zero-order valence-electron chi connectivity index (χ0n) is 8.24. The van der Waals surface area contributed by atoms with Gasteiger partial charge in [0.05, 0.1) is 0 Å². The molecule has 0 fully saturated rings. The highest BCUT2D eigenvalue weighted by atomic mass is 35.5. The Morgan fingerprint density at radius 2 is 2.00 bits per heavy atom. The van der Waals surface area contributed by atoms with Gasteiger partial charge in [-0.1, -0.05) is 19.1 Å². The van der Waals surface area contributed by atoms with Crippen molar-refractivity contribution < 1.29 is 5.11 Å².